The Hall–Kier alpha value is 0.395. The highest BCUT2D eigenvalue weighted by Crippen LogP contribution is 2.66. The van der Waals surface area contributed by atoms with E-state index in [4.69, 9.17) is 24.2 Å². The molecule has 0 aromatic carbocycles. The molecule has 5 atom stereocenters. The van der Waals surface area contributed by atoms with Crippen molar-refractivity contribution in [2.45, 2.75) is 44.6 Å². The van der Waals surface area contributed by atoms with Crippen LogP contribution in [-0.2, 0) is 36.3 Å². The molecule has 1 fully saturated rings. The van der Waals surface area contributed by atoms with Gasteiger partial charge in [-0.15, -0.1) is 0 Å². The number of hydrogen-bond acceptors (Lipinski definition) is 8. The Bertz CT molecular complexity index is 563. The molecule has 142 valence electrons. The molecule has 0 amide bonds. The van der Waals surface area contributed by atoms with E-state index in [9.17, 15) is 18.6 Å². The van der Waals surface area contributed by atoms with Crippen molar-refractivity contribution in [1.82, 2.24) is 0 Å². The minimum absolute atomic E-state index is 0.127. The molecule has 12 nitrogen and oxygen atoms in total. The van der Waals surface area contributed by atoms with E-state index in [1.54, 1.807) is 21.7 Å². The number of ether oxygens (including phenoxy) is 2. The molecule has 0 aliphatic carbocycles. The van der Waals surface area contributed by atoms with Crippen LogP contribution in [0.25, 0.3) is 0 Å². The summed E-state index contributed by atoms with van der Waals surface area (Å²) in [5.74, 6) is 0. The Morgan fingerprint density at radius 2 is 1.71 bits per heavy atom. The summed E-state index contributed by atoms with van der Waals surface area (Å²) in [4.78, 5) is 35.3. The lowest BCUT2D eigenvalue weighted by molar-refractivity contribution is -0.0571. The Kier molecular flexibility index (Phi) is 7.84. The Morgan fingerprint density at radius 1 is 1.12 bits per heavy atom. The maximum atomic E-state index is 11.6. The maximum absolute atomic E-state index is 11.6. The molecule has 0 bridgehead atoms. The van der Waals surface area contributed by atoms with Gasteiger partial charge in [0.05, 0.1) is 18.8 Å². The lowest BCUT2D eigenvalue weighted by Crippen LogP contribution is -2.31. The summed E-state index contributed by atoms with van der Waals surface area (Å²) in [6, 6.07) is -0.191. The van der Waals surface area contributed by atoms with Gasteiger partial charge >= 0.3 is 23.5 Å². The fraction of sp³-hybridized carbons (Fsp3) is 1.00. The topological polar surface area (TPSA) is 178 Å². The molecular weight excluding hydrogens is 392 g/mol. The van der Waals surface area contributed by atoms with E-state index in [1.165, 1.54) is 0 Å². The third kappa shape index (κ3) is 8.67. The number of rotatable bonds is 9. The summed E-state index contributed by atoms with van der Waals surface area (Å²) in [6.45, 7) is 3.08. The first-order chi connectivity index (χ1) is 10.7. The van der Waals surface area contributed by atoms with Gasteiger partial charge in [-0.2, -0.15) is 8.62 Å². The Morgan fingerprint density at radius 3 is 2.21 bits per heavy atom. The quantitative estimate of drug-likeness (QED) is 0.292. The van der Waals surface area contributed by atoms with Crippen LogP contribution in [-0.4, -0.2) is 58.3 Å². The average Bonchev–Trinajstić information content (AvgIpc) is 2.61. The molecule has 0 aromatic rings. The summed E-state index contributed by atoms with van der Waals surface area (Å²) >= 11 is 0. The van der Waals surface area contributed by atoms with Crippen molar-refractivity contribution >= 4 is 31.3 Å². The second-order valence-electron chi connectivity index (χ2n) is 5.33. The molecule has 24 heavy (non-hydrogen) atoms. The largest absolute Gasteiger partial charge is 0.490 e. The minimum atomic E-state index is -5.52. The summed E-state index contributed by atoms with van der Waals surface area (Å²) in [7, 11) is -14.3. The predicted molar refractivity (Wildman–Crippen MR) is 81.6 cm³/mol. The van der Waals surface area contributed by atoms with Gasteiger partial charge in [-0.25, -0.2) is 13.7 Å². The van der Waals surface area contributed by atoms with Crippen molar-refractivity contribution in [3.05, 3.63) is 0 Å². The van der Waals surface area contributed by atoms with E-state index >= 15 is 0 Å². The normalized spacial score (nSPS) is 30.2. The van der Waals surface area contributed by atoms with E-state index in [0.29, 0.717) is 6.42 Å². The van der Waals surface area contributed by atoms with Crippen molar-refractivity contribution < 1.29 is 55.9 Å². The molecule has 4 N–H and O–H groups in total. The van der Waals surface area contributed by atoms with Crippen LogP contribution in [0.1, 0.15) is 20.3 Å². The molecule has 3 unspecified atom stereocenters. The second kappa shape index (κ2) is 8.39. The fourth-order valence-corrected chi connectivity index (χ4v) is 5.06. The SMILES string of the molecule is B[C@H]1CC(OC(C)C)[C@@H](COP(=O)(O)OP(=O)(O)OP(=O)(O)O)O1. The standard InChI is InChI=1S/C8H20BO12P3/c1-5(2)18-6-3-8(9)19-7(6)4-17-23(13,14)21-24(15,16)20-22(10,11)12/h5-8H,3-4,9H2,1-2H3,(H,13,14)(H,15,16)(H2,10,11,12)/t6?,7-,8-/m1/s1. The summed E-state index contributed by atoms with van der Waals surface area (Å²) in [6.07, 6.45) is -0.764. The zero-order valence-corrected chi connectivity index (χ0v) is 15.8. The van der Waals surface area contributed by atoms with Gasteiger partial charge in [-0.05, 0) is 20.3 Å². The van der Waals surface area contributed by atoms with E-state index in [1.807, 2.05) is 0 Å². The van der Waals surface area contributed by atoms with Gasteiger partial charge in [0.25, 0.3) is 0 Å². The summed E-state index contributed by atoms with van der Waals surface area (Å²) in [5, 5.41) is 0. The van der Waals surface area contributed by atoms with Crippen LogP contribution in [0.3, 0.4) is 0 Å². The van der Waals surface area contributed by atoms with Crippen molar-refractivity contribution in [3.8, 4) is 0 Å². The van der Waals surface area contributed by atoms with Gasteiger partial charge in [0, 0.05) is 6.00 Å². The summed E-state index contributed by atoms with van der Waals surface area (Å²) < 4.78 is 56.2. The van der Waals surface area contributed by atoms with Crippen LogP contribution in [0.2, 0.25) is 0 Å². The smallest absolute Gasteiger partial charge is 0.379 e. The van der Waals surface area contributed by atoms with Crippen molar-refractivity contribution in [3.63, 3.8) is 0 Å². The highest BCUT2D eigenvalue weighted by molar-refractivity contribution is 7.66. The van der Waals surface area contributed by atoms with Crippen molar-refractivity contribution in [1.29, 1.82) is 0 Å². The van der Waals surface area contributed by atoms with Crippen LogP contribution in [0, 0.1) is 0 Å². The Balaban J connectivity index is 2.62. The van der Waals surface area contributed by atoms with Crippen LogP contribution in [0.5, 0.6) is 0 Å². The van der Waals surface area contributed by atoms with Crippen molar-refractivity contribution in [2.24, 2.45) is 0 Å². The maximum Gasteiger partial charge on any atom is 0.490 e. The first-order valence-corrected chi connectivity index (χ1v) is 11.3. The summed E-state index contributed by atoms with van der Waals surface area (Å²) in [5.41, 5.74) is 0. The van der Waals surface area contributed by atoms with Gasteiger partial charge in [-0.1, -0.05) is 0 Å². The molecule has 0 aromatic heterocycles. The molecule has 1 heterocycles. The van der Waals surface area contributed by atoms with E-state index in [0.717, 1.165) is 0 Å². The van der Waals surface area contributed by atoms with Gasteiger partial charge in [0.1, 0.15) is 14.0 Å². The molecule has 1 saturated heterocycles. The third-order valence-corrected chi connectivity index (χ3v) is 6.45. The lowest BCUT2D eigenvalue weighted by atomic mass is 9.96. The van der Waals surface area contributed by atoms with E-state index in [2.05, 4.69) is 13.1 Å². The predicted octanol–water partition coefficient (Wildman–Crippen LogP) is -0.129. The van der Waals surface area contributed by atoms with Gasteiger partial charge < -0.3 is 29.0 Å². The highest BCUT2D eigenvalue weighted by Gasteiger charge is 2.42. The van der Waals surface area contributed by atoms with Gasteiger partial charge in [-0.3, -0.25) is 4.52 Å². The minimum Gasteiger partial charge on any atom is -0.379 e. The van der Waals surface area contributed by atoms with E-state index < -0.39 is 42.3 Å². The number of phosphoric ester groups is 1. The number of phosphoric acid groups is 3. The fourth-order valence-electron chi connectivity index (χ4n) is 2.03. The Labute approximate surface area is 139 Å². The van der Waals surface area contributed by atoms with E-state index in [-0.39, 0.29) is 12.1 Å². The lowest BCUT2D eigenvalue weighted by Gasteiger charge is -2.22. The van der Waals surface area contributed by atoms with Crippen LogP contribution in [0.15, 0.2) is 0 Å². The molecule has 1 aliphatic heterocycles. The highest BCUT2D eigenvalue weighted by atomic mass is 31.3. The third-order valence-electron chi connectivity index (χ3n) is 2.65. The molecule has 1 aliphatic rings. The van der Waals surface area contributed by atoms with Gasteiger partial charge in [0.15, 0.2) is 0 Å². The molecule has 0 radical (unpaired) electrons. The first kappa shape index (κ1) is 22.4. The molecule has 0 saturated carbocycles. The number of hydrogen-bond donors (Lipinski definition) is 4. The van der Waals surface area contributed by atoms with Crippen LogP contribution < -0.4 is 0 Å². The second-order valence-corrected chi connectivity index (χ2v) is 9.75. The zero-order chi connectivity index (χ0) is 18.8. The molecular formula is C8H20BO12P3. The molecule has 0 spiro atoms. The average molecular weight is 412 g/mol. The van der Waals surface area contributed by atoms with Crippen molar-refractivity contribution in [2.75, 3.05) is 6.61 Å². The monoisotopic (exact) mass is 412 g/mol. The zero-order valence-electron chi connectivity index (χ0n) is 13.1. The first-order valence-electron chi connectivity index (χ1n) is 6.78. The van der Waals surface area contributed by atoms with Crippen LogP contribution >= 0.6 is 23.5 Å². The molecule has 16 heteroatoms. The van der Waals surface area contributed by atoms with Gasteiger partial charge in [0.2, 0.25) is 0 Å². The molecule has 1 rings (SSSR count). The van der Waals surface area contributed by atoms with Crippen LogP contribution in [0.4, 0.5) is 0 Å².